The molecule has 2 atom stereocenters. The smallest absolute Gasteiger partial charge is 0.338 e. The van der Waals surface area contributed by atoms with E-state index in [9.17, 15) is 9.59 Å². The van der Waals surface area contributed by atoms with Gasteiger partial charge in [0.15, 0.2) is 5.78 Å². The van der Waals surface area contributed by atoms with Crippen molar-refractivity contribution in [3.8, 4) is 16.9 Å². The third-order valence-corrected chi connectivity index (χ3v) is 7.33. The zero-order valence-electron chi connectivity index (χ0n) is 24.4. The molecule has 0 amide bonds. The van der Waals surface area contributed by atoms with E-state index < -0.39 is 18.0 Å². The highest BCUT2D eigenvalue weighted by Gasteiger charge is 2.31. The number of carbonyl (C=O) groups is 2. The lowest BCUT2D eigenvalue weighted by molar-refractivity contribution is 0.0215. The number of benzene rings is 5. The molecule has 5 aromatic carbocycles. The average molecular weight is 567 g/mol. The van der Waals surface area contributed by atoms with E-state index in [2.05, 4.69) is 37.8 Å². The quantitative estimate of drug-likeness (QED) is 0.0908. The first-order chi connectivity index (χ1) is 20.9. The normalized spacial score (nSPS) is 12.1. The van der Waals surface area contributed by atoms with Gasteiger partial charge in [0.25, 0.3) is 0 Å². The van der Waals surface area contributed by atoms with E-state index in [1.807, 2.05) is 72.8 Å². The van der Waals surface area contributed by atoms with Gasteiger partial charge in [-0.3, -0.25) is 4.79 Å². The number of carbonyl (C=O) groups excluding carboxylic acids is 2. The highest BCUT2D eigenvalue weighted by Crippen LogP contribution is 2.38. The summed E-state index contributed by atoms with van der Waals surface area (Å²) in [5.74, 6) is 0.265. The lowest BCUT2D eigenvalue weighted by atomic mass is 9.84. The summed E-state index contributed by atoms with van der Waals surface area (Å²) in [7, 11) is 0. The third kappa shape index (κ3) is 7.55. The van der Waals surface area contributed by atoms with E-state index in [-0.39, 0.29) is 12.2 Å². The lowest BCUT2D eigenvalue weighted by Crippen LogP contribution is -2.21. The Morgan fingerprint density at radius 2 is 1.16 bits per heavy atom. The van der Waals surface area contributed by atoms with Crippen molar-refractivity contribution in [2.45, 2.75) is 32.3 Å². The van der Waals surface area contributed by atoms with Crippen molar-refractivity contribution in [1.82, 2.24) is 0 Å². The fourth-order valence-electron chi connectivity index (χ4n) is 5.08. The van der Waals surface area contributed by atoms with Gasteiger partial charge < -0.3 is 9.47 Å². The van der Waals surface area contributed by atoms with Gasteiger partial charge in [0.1, 0.15) is 11.9 Å². The first-order valence-corrected chi connectivity index (χ1v) is 14.3. The van der Waals surface area contributed by atoms with E-state index in [1.54, 1.807) is 43.3 Å². The standard InChI is InChI=1S/C39H34O4/c1-27(2)42-35-24-22-32(23-25-35)37(40)26-36(31-10-6-4-7-11-31)38(33-12-8-5-9-13-33)43-39(41)34-20-18-30(19-21-34)29-16-14-28(3)15-17-29/h4-25,36,38H,1,26H2,2-3H3/t36-,38?/m1/s1. The zero-order valence-corrected chi connectivity index (χ0v) is 24.4. The van der Waals surface area contributed by atoms with Crippen LogP contribution < -0.4 is 4.74 Å². The van der Waals surface area contributed by atoms with E-state index >= 15 is 0 Å². The number of ketones is 1. The molecule has 0 saturated heterocycles. The first kappa shape index (κ1) is 29.3. The van der Waals surface area contributed by atoms with Crippen LogP contribution in [0.25, 0.3) is 11.1 Å². The molecule has 0 bridgehead atoms. The molecule has 0 aromatic heterocycles. The SMILES string of the molecule is C=C(C)Oc1ccc(C(=O)C[C@H](c2ccccc2)C(OC(=O)c2ccc(-c3ccc(C)cc3)cc2)c2ccccc2)cc1. The van der Waals surface area contributed by atoms with Crippen molar-refractivity contribution < 1.29 is 19.1 Å². The number of hydrogen-bond donors (Lipinski definition) is 0. The molecule has 5 aromatic rings. The van der Waals surface area contributed by atoms with Crippen LogP contribution in [0.4, 0.5) is 0 Å². The molecular weight excluding hydrogens is 532 g/mol. The molecule has 43 heavy (non-hydrogen) atoms. The predicted molar refractivity (Wildman–Crippen MR) is 171 cm³/mol. The molecule has 0 saturated carbocycles. The third-order valence-electron chi connectivity index (χ3n) is 7.33. The van der Waals surface area contributed by atoms with Gasteiger partial charge in [-0.1, -0.05) is 109 Å². The van der Waals surface area contributed by atoms with Gasteiger partial charge in [0, 0.05) is 17.9 Å². The summed E-state index contributed by atoms with van der Waals surface area (Å²) >= 11 is 0. The fraction of sp³-hybridized carbons (Fsp3) is 0.128. The number of rotatable bonds is 11. The van der Waals surface area contributed by atoms with Crippen LogP contribution in [0.3, 0.4) is 0 Å². The van der Waals surface area contributed by atoms with Gasteiger partial charge in [0.05, 0.1) is 11.3 Å². The molecule has 0 aliphatic rings. The summed E-state index contributed by atoms with van der Waals surface area (Å²) in [6.45, 7) is 7.59. The predicted octanol–water partition coefficient (Wildman–Crippen LogP) is 9.53. The summed E-state index contributed by atoms with van der Waals surface area (Å²) in [5.41, 5.74) is 6.02. The Kier molecular flexibility index (Phi) is 9.28. The Morgan fingerprint density at radius 3 is 1.72 bits per heavy atom. The summed E-state index contributed by atoms with van der Waals surface area (Å²) in [6.07, 6.45) is -0.549. The van der Waals surface area contributed by atoms with Crippen molar-refractivity contribution >= 4 is 11.8 Å². The van der Waals surface area contributed by atoms with Crippen LogP contribution in [0.1, 0.15) is 62.8 Å². The topological polar surface area (TPSA) is 52.6 Å². The van der Waals surface area contributed by atoms with Crippen molar-refractivity contribution in [3.05, 3.63) is 174 Å². The molecule has 5 rings (SSSR count). The Bertz CT molecular complexity index is 1670. The Hall–Kier alpha value is -5.22. The maximum absolute atomic E-state index is 13.6. The maximum Gasteiger partial charge on any atom is 0.338 e. The molecule has 4 nitrogen and oxygen atoms in total. The molecule has 4 heteroatoms. The fourth-order valence-corrected chi connectivity index (χ4v) is 5.08. The van der Waals surface area contributed by atoms with E-state index in [0.717, 1.165) is 22.3 Å². The van der Waals surface area contributed by atoms with Crippen LogP contribution in [0, 0.1) is 6.92 Å². The molecule has 0 heterocycles. The number of ether oxygens (including phenoxy) is 2. The summed E-state index contributed by atoms with van der Waals surface area (Å²) in [4.78, 5) is 27.3. The molecule has 0 aliphatic heterocycles. The van der Waals surface area contributed by atoms with Crippen LogP contribution in [0.15, 0.2) is 146 Å². The second-order valence-electron chi connectivity index (χ2n) is 10.7. The molecule has 0 N–H and O–H groups in total. The number of esters is 1. The summed E-state index contributed by atoms with van der Waals surface area (Å²) < 4.78 is 11.8. The van der Waals surface area contributed by atoms with Gasteiger partial charge in [0.2, 0.25) is 0 Å². The molecule has 0 aliphatic carbocycles. The van der Waals surface area contributed by atoms with Gasteiger partial charge in [-0.05, 0) is 72.5 Å². The average Bonchev–Trinajstić information content (AvgIpc) is 3.04. The lowest BCUT2D eigenvalue weighted by Gasteiger charge is -2.28. The molecule has 0 spiro atoms. The number of aryl methyl sites for hydroxylation is 1. The molecular formula is C39H34O4. The van der Waals surface area contributed by atoms with Crippen LogP contribution in [-0.2, 0) is 4.74 Å². The Labute approximate surface area is 253 Å². The summed E-state index contributed by atoms with van der Waals surface area (Å²) in [6, 6.07) is 42.1. The summed E-state index contributed by atoms with van der Waals surface area (Å²) in [5, 5.41) is 0. The van der Waals surface area contributed by atoms with E-state index in [1.165, 1.54) is 5.56 Å². The van der Waals surface area contributed by atoms with Gasteiger partial charge >= 0.3 is 5.97 Å². The number of hydrogen-bond acceptors (Lipinski definition) is 4. The van der Waals surface area contributed by atoms with E-state index in [0.29, 0.717) is 22.6 Å². The zero-order chi connectivity index (χ0) is 30.2. The van der Waals surface area contributed by atoms with Crippen molar-refractivity contribution in [3.63, 3.8) is 0 Å². The Morgan fingerprint density at radius 1 is 0.651 bits per heavy atom. The van der Waals surface area contributed by atoms with Crippen LogP contribution in [0.2, 0.25) is 0 Å². The van der Waals surface area contributed by atoms with E-state index in [4.69, 9.17) is 9.47 Å². The van der Waals surface area contributed by atoms with Gasteiger partial charge in [-0.2, -0.15) is 0 Å². The van der Waals surface area contributed by atoms with Crippen molar-refractivity contribution in [2.24, 2.45) is 0 Å². The monoisotopic (exact) mass is 566 g/mol. The largest absolute Gasteiger partial charge is 0.463 e. The highest BCUT2D eigenvalue weighted by molar-refractivity contribution is 5.97. The van der Waals surface area contributed by atoms with Crippen LogP contribution >= 0.6 is 0 Å². The second kappa shape index (κ2) is 13.6. The highest BCUT2D eigenvalue weighted by atomic mass is 16.5. The Balaban J connectivity index is 1.44. The van der Waals surface area contributed by atoms with Gasteiger partial charge in [-0.25, -0.2) is 4.79 Å². The van der Waals surface area contributed by atoms with Crippen LogP contribution in [-0.4, -0.2) is 11.8 Å². The number of allylic oxidation sites excluding steroid dienone is 1. The van der Waals surface area contributed by atoms with Crippen molar-refractivity contribution in [2.75, 3.05) is 0 Å². The minimum atomic E-state index is -0.692. The minimum Gasteiger partial charge on any atom is -0.463 e. The molecule has 0 radical (unpaired) electrons. The second-order valence-corrected chi connectivity index (χ2v) is 10.7. The molecule has 0 fully saturated rings. The molecule has 1 unspecified atom stereocenters. The van der Waals surface area contributed by atoms with Crippen molar-refractivity contribution in [1.29, 1.82) is 0 Å². The van der Waals surface area contributed by atoms with Crippen LogP contribution in [0.5, 0.6) is 5.75 Å². The number of Topliss-reactive ketones (excluding diaryl/α,β-unsaturated/α-hetero) is 1. The first-order valence-electron chi connectivity index (χ1n) is 14.3. The molecule has 214 valence electrons. The van der Waals surface area contributed by atoms with Gasteiger partial charge in [-0.15, -0.1) is 0 Å². The minimum absolute atomic E-state index is 0.0600. The maximum atomic E-state index is 13.6.